The van der Waals surface area contributed by atoms with E-state index in [1.807, 2.05) is 0 Å². The van der Waals surface area contributed by atoms with E-state index in [0.29, 0.717) is 23.9 Å². The fourth-order valence-corrected chi connectivity index (χ4v) is 4.05. The molecule has 1 N–H and O–H groups in total. The minimum Gasteiger partial charge on any atom is -0.497 e. The molecule has 0 spiro atoms. The van der Waals surface area contributed by atoms with Gasteiger partial charge in [-0.25, -0.2) is 8.42 Å². The molecule has 1 rings (SSSR count). The molecule has 2 atom stereocenters. The number of amides is 1. The zero-order chi connectivity index (χ0) is 19.7. The fourth-order valence-electron chi connectivity index (χ4n) is 2.87. The number of nitrogens with zero attached hydrogens (tertiary/aromatic N) is 1. The van der Waals surface area contributed by atoms with Crippen molar-refractivity contribution in [2.24, 2.45) is 5.92 Å². The van der Waals surface area contributed by atoms with E-state index in [2.05, 4.69) is 19.2 Å². The number of benzene rings is 1. The van der Waals surface area contributed by atoms with Gasteiger partial charge in [-0.15, -0.1) is 0 Å². The minimum atomic E-state index is -3.61. The predicted octanol–water partition coefficient (Wildman–Crippen LogP) is 3.18. The Morgan fingerprint density at radius 1 is 1.23 bits per heavy atom. The third-order valence-corrected chi connectivity index (χ3v) is 5.77. The minimum absolute atomic E-state index is 0.291. The molecule has 0 saturated carbocycles. The number of carbonyl (C=O) groups is 1. The molecule has 0 aliphatic carbocycles. The zero-order valence-electron chi connectivity index (χ0n) is 16.5. The summed E-state index contributed by atoms with van der Waals surface area (Å²) in [5.41, 5.74) is 0.439. The molecule has 0 aromatic heterocycles. The molecule has 7 heteroatoms. The molecule has 0 radical (unpaired) electrons. The summed E-state index contributed by atoms with van der Waals surface area (Å²) in [5.74, 6) is 0.751. The maximum Gasteiger partial charge on any atom is 0.243 e. The Hall–Kier alpha value is -1.76. The topological polar surface area (TPSA) is 75.7 Å². The van der Waals surface area contributed by atoms with Crippen LogP contribution in [0.4, 0.5) is 5.69 Å². The van der Waals surface area contributed by atoms with Crippen molar-refractivity contribution in [1.29, 1.82) is 0 Å². The molecule has 0 aliphatic heterocycles. The number of methoxy groups -OCH3 is 1. The number of rotatable bonds is 11. The summed E-state index contributed by atoms with van der Waals surface area (Å²) in [6, 6.07) is 5.80. The van der Waals surface area contributed by atoms with Gasteiger partial charge >= 0.3 is 0 Å². The largest absolute Gasteiger partial charge is 0.497 e. The van der Waals surface area contributed by atoms with Crippen LogP contribution < -0.4 is 14.4 Å². The second-order valence-electron chi connectivity index (χ2n) is 6.59. The number of unbranched alkanes of at least 4 members (excludes halogenated alkanes) is 1. The van der Waals surface area contributed by atoms with Crippen molar-refractivity contribution in [3.8, 4) is 5.75 Å². The van der Waals surface area contributed by atoms with E-state index in [1.165, 1.54) is 0 Å². The molecule has 1 amide bonds. The summed E-state index contributed by atoms with van der Waals surface area (Å²) in [4.78, 5) is 12.6. The maximum absolute atomic E-state index is 12.6. The quantitative estimate of drug-likeness (QED) is 0.636. The first-order valence-corrected chi connectivity index (χ1v) is 11.0. The Balaban J connectivity index is 2.88. The van der Waals surface area contributed by atoms with Crippen LogP contribution in [0.3, 0.4) is 0 Å². The highest BCUT2D eigenvalue weighted by atomic mass is 32.2. The molecule has 6 nitrogen and oxygen atoms in total. The molecular formula is C19H32N2O4S. The zero-order valence-corrected chi connectivity index (χ0v) is 17.3. The van der Waals surface area contributed by atoms with Crippen molar-refractivity contribution < 1.29 is 17.9 Å². The number of ether oxygens (including phenoxy) is 1. The Morgan fingerprint density at radius 3 is 2.31 bits per heavy atom. The fraction of sp³-hybridized carbons (Fsp3) is 0.632. The van der Waals surface area contributed by atoms with Crippen molar-refractivity contribution in [3.63, 3.8) is 0 Å². The van der Waals surface area contributed by atoms with Crippen molar-refractivity contribution in [2.45, 2.75) is 52.5 Å². The van der Waals surface area contributed by atoms with Gasteiger partial charge in [0.1, 0.15) is 11.8 Å². The lowest BCUT2D eigenvalue weighted by atomic mass is 9.99. The van der Waals surface area contributed by atoms with Gasteiger partial charge in [0.15, 0.2) is 0 Å². The second-order valence-corrected chi connectivity index (χ2v) is 8.45. The lowest BCUT2D eigenvalue weighted by Crippen LogP contribution is -2.48. The summed E-state index contributed by atoms with van der Waals surface area (Å²) in [5, 5.41) is 2.92. The van der Waals surface area contributed by atoms with Crippen LogP contribution in [0.5, 0.6) is 5.75 Å². The van der Waals surface area contributed by atoms with Gasteiger partial charge in [0, 0.05) is 6.54 Å². The number of carbonyl (C=O) groups excluding carboxylic acids is 1. The molecule has 1 aromatic rings. The van der Waals surface area contributed by atoms with Crippen LogP contribution in [0.15, 0.2) is 24.3 Å². The van der Waals surface area contributed by atoms with Gasteiger partial charge in [0.25, 0.3) is 0 Å². The SMILES string of the molecule is CCCC[C@@H](CC)CNC(=O)[C@H](C)N(c1ccc(OC)cc1)S(C)(=O)=O. The van der Waals surface area contributed by atoms with E-state index in [0.717, 1.165) is 36.2 Å². The summed E-state index contributed by atoms with van der Waals surface area (Å²) in [6.07, 6.45) is 5.42. The van der Waals surface area contributed by atoms with Crippen LogP contribution in [-0.2, 0) is 14.8 Å². The average molecular weight is 385 g/mol. The normalized spacial score (nSPS) is 13.7. The first-order valence-electron chi connectivity index (χ1n) is 9.15. The molecule has 26 heavy (non-hydrogen) atoms. The molecule has 0 aliphatic rings. The first kappa shape index (κ1) is 22.3. The second kappa shape index (κ2) is 10.4. The highest BCUT2D eigenvalue weighted by Crippen LogP contribution is 2.24. The van der Waals surface area contributed by atoms with Gasteiger partial charge in [0.05, 0.1) is 19.1 Å². The molecule has 1 aromatic carbocycles. The number of anilines is 1. The van der Waals surface area contributed by atoms with E-state index in [1.54, 1.807) is 38.3 Å². The van der Waals surface area contributed by atoms with Gasteiger partial charge in [-0.3, -0.25) is 9.10 Å². The Morgan fingerprint density at radius 2 is 1.85 bits per heavy atom. The Kier molecular flexibility index (Phi) is 8.92. The number of hydrogen-bond acceptors (Lipinski definition) is 4. The third kappa shape index (κ3) is 6.52. The van der Waals surface area contributed by atoms with E-state index >= 15 is 0 Å². The summed E-state index contributed by atoms with van der Waals surface area (Å²) >= 11 is 0. The third-order valence-electron chi connectivity index (χ3n) is 4.52. The Bertz CT molecular complexity index is 659. The van der Waals surface area contributed by atoms with Crippen molar-refractivity contribution in [2.75, 3.05) is 24.2 Å². The van der Waals surface area contributed by atoms with Gasteiger partial charge in [-0.2, -0.15) is 0 Å². The smallest absolute Gasteiger partial charge is 0.243 e. The molecule has 0 fully saturated rings. The molecular weight excluding hydrogens is 352 g/mol. The Labute approximate surface area is 158 Å². The molecule has 0 saturated heterocycles. The maximum atomic E-state index is 12.6. The van der Waals surface area contributed by atoms with Gasteiger partial charge in [0.2, 0.25) is 15.9 Å². The van der Waals surface area contributed by atoms with Crippen molar-refractivity contribution in [1.82, 2.24) is 5.32 Å². The predicted molar refractivity (Wildman–Crippen MR) is 106 cm³/mol. The van der Waals surface area contributed by atoms with E-state index in [4.69, 9.17) is 4.74 Å². The summed E-state index contributed by atoms with van der Waals surface area (Å²) in [7, 11) is -2.06. The molecule has 148 valence electrons. The monoisotopic (exact) mass is 384 g/mol. The van der Waals surface area contributed by atoms with E-state index < -0.39 is 16.1 Å². The molecule has 0 unspecified atom stereocenters. The lowest BCUT2D eigenvalue weighted by Gasteiger charge is -2.29. The number of hydrogen-bond donors (Lipinski definition) is 1. The van der Waals surface area contributed by atoms with E-state index in [-0.39, 0.29) is 5.91 Å². The van der Waals surface area contributed by atoms with Gasteiger partial charge in [-0.05, 0) is 43.5 Å². The van der Waals surface area contributed by atoms with Crippen molar-refractivity contribution in [3.05, 3.63) is 24.3 Å². The number of sulfonamides is 1. The summed E-state index contributed by atoms with van der Waals surface area (Å²) in [6.45, 7) is 6.43. The standard InChI is InChI=1S/C19H32N2O4S/c1-6-8-9-16(7-2)14-20-19(22)15(3)21(26(5,23)24)17-10-12-18(25-4)13-11-17/h10-13,15-16H,6-9,14H2,1-5H3,(H,20,22)/t15-,16+/m0/s1. The van der Waals surface area contributed by atoms with Gasteiger partial charge in [-0.1, -0.05) is 33.1 Å². The van der Waals surface area contributed by atoms with Gasteiger partial charge < -0.3 is 10.1 Å². The first-order chi connectivity index (χ1) is 12.2. The highest BCUT2D eigenvalue weighted by molar-refractivity contribution is 7.92. The number of nitrogens with one attached hydrogen (secondary N) is 1. The van der Waals surface area contributed by atoms with Crippen molar-refractivity contribution >= 4 is 21.6 Å². The molecule has 0 heterocycles. The molecule has 0 bridgehead atoms. The van der Waals surface area contributed by atoms with E-state index in [9.17, 15) is 13.2 Å². The van der Waals surface area contributed by atoms with Crippen LogP contribution in [0.1, 0.15) is 46.5 Å². The highest BCUT2D eigenvalue weighted by Gasteiger charge is 2.29. The average Bonchev–Trinajstić information content (AvgIpc) is 2.61. The van der Waals surface area contributed by atoms with Crippen LogP contribution in [0.25, 0.3) is 0 Å². The van der Waals surface area contributed by atoms with Crippen LogP contribution >= 0.6 is 0 Å². The van der Waals surface area contributed by atoms with Crippen LogP contribution in [-0.4, -0.2) is 40.3 Å². The van der Waals surface area contributed by atoms with Crippen LogP contribution in [0, 0.1) is 5.92 Å². The van der Waals surface area contributed by atoms with Crippen LogP contribution in [0.2, 0.25) is 0 Å². The lowest BCUT2D eigenvalue weighted by molar-refractivity contribution is -0.122. The summed E-state index contributed by atoms with van der Waals surface area (Å²) < 4.78 is 30.8.